The van der Waals surface area contributed by atoms with Gasteiger partial charge < -0.3 is 15.7 Å². The van der Waals surface area contributed by atoms with Crippen molar-refractivity contribution in [2.24, 2.45) is 0 Å². The molecule has 0 spiro atoms. The molecular formula is C14H14ClN3O2. The first kappa shape index (κ1) is 14.1. The molecule has 0 amide bonds. The minimum Gasteiger partial charge on any atom is -0.478 e. The Morgan fingerprint density at radius 2 is 2.05 bits per heavy atom. The first-order valence-electron chi connectivity index (χ1n) is 5.92. The number of halogens is 1. The van der Waals surface area contributed by atoms with Crippen LogP contribution in [0.5, 0.6) is 0 Å². The summed E-state index contributed by atoms with van der Waals surface area (Å²) < 4.78 is 0. The van der Waals surface area contributed by atoms with E-state index in [1.807, 2.05) is 11.9 Å². The van der Waals surface area contributed by atoms with Gasteiger partial charge in [-0.3, -0.25) is 0 Å². The highest BCUT2D eigenvalue weighted by atomic mass is 35.5. The smallest absolute Gasteiger partial charge is 0.335 e. The lowest BCUT2D eigenvalue weighted by Crippen LogP contribution is -2.18. The quantitative estimate of drug-likeness (QED) is 0.905. The number of nitrogens with two attached hydrogens (primary N) is 1. The van der Waals surface area contributed by atoms with Crippen LogP contribution in [0.2, 0.25) is 5.02 Å². The molecule has 0 fully saturated rings. The summed E-state index contributed by atoms with van der Waals surface area (Å²) in [5, 5.41) is 9.33. The maximum absolute atomic E-state index is 10.8. The Bertz CT molecular complexity index is 629. The summed E-state index contributed by atoms with van der Waals surface area (Å²) in [4.78, 5) is 16.8. The molecule has 0 saturated heterocycles. The summed E-state index contributed by atoms with van der Waals surface area (Å²) in [5.74, 6) is -0.309. The summed E-state index contributed by atoms with van der Waals surface area (Å²) in [6.07, 6.45) is 1.55. The van der Waals surface area contributed by atoms with E-state index >= 15 is 0 Å². The molecule has 5 nitrogen and oxygen atoms in total. The van der Waals surface area contributed by atoms with Gasteiger partial charge in [0.25, 0.3) is 0 Å². The summed E-state index contributed by atoms with van der Waals surface area (Å²) in [6.45, 7) is 0.566. The summed E-state index contributed by atoms with van der Waals surface area (Å²) in [5.41, 5.74) is 7.35. The lowest BCUT2D eigenvalue weighted by atomic mass is 10.1. The van der Waals surface area contributed by atoms with Crippen LogP contribution >= 0.6 is 11.6 Å². The number of aromatic carboxylic acids is 1. The van der Waals surface area contributed by atoms with Crippen LogP contribution in [0.25, 0.3) is 0 Å². The number of hydrogen-bond acceptors (Lipinski definition) is 4. The van der Waals surface area contributed by atoms with Gasteiger partial charge in [0.15, 0.2) is 0 Å². The number of hydrogen-bond donors (Lipinski definition) is 2. The van der Waals surface area contributed by atoms with Crippen LogP contribution < -0.4 is 10.6 Å². The monoisotopic (exact) mass is 291 g/mol. The molecule has 0 atom stereocenters. The number of nitrogen functional groups attached to an aromatic ring is 1. The minimum atomic E-state index is -0.937. The Morgan fingerprint density at radius 3 is 2.60 bits per heavy atom. The number of benzene rings is 1. The molecule has 2 rings (SSSR count). The SMILES string of the molecule is CN(Cc1ccc(C(=O)O)cc1)c1ncc(N)cc1Cl. The number of carboxylic acid groups (broad SMARTS) is 1. The Labute approximate surface area is 121 Å². The molecule has 0 saturated carbocycles. The predicted molar refractivity (Wildman–Crippen MR) is 79.2 cm³/mol. The molecule has 0 aliphatic heterocycles. The lowest BCUT2D eigenvalue weighted by Gasteiger charge is -2.19. The summed E-state index contributed by atoms with van der Waals surface area (Å²) in [7, 11) is 1.86. The van der Waals surface area contributed by atoms with E-state index in [-0.39, 0.29) is 5.56 Å². The summed E-state index contributed by atoms with van der Waals surface area (Å²) >= 11 is 6.10. The van der Waals surface area contributed by atoms with Gasteiger partial charge in [0.1, 0.15) is 5.82 Å². The van der Waals surface area contributed by atoms with Crippen LogP contribution in [0.3, 0.4) is 0 Å². The Kier molecular flexibility index (Phi) is 4.10. The van der Waals surface area contributed by atoms with Gasteiger partial charge in [-0.25, -0.2) is 9.78 Å². The molecule has 6 heteroatoms. The van der Waals surface area contributed by atoms with E-state index in [9.17, 15) is 4.79 Å². The second kappa shape index (κ2) is 5.79. The second-order valence-corrected chi connectivity index (χ2v) is 4.84. The van der Waals surface area contributed by atoms with Gasteiger partial charge in [0.2, 0.25) is 0 Å². The standard InChI is InChI=1S/C14H14ClN3O2/c1-18(13-12(15)6-11(16)7-17-13)8-9-2-4-10(5-3-9)14(19)20/h2-7H,8,16H2,1H3,(H,19,20). The van der Waals surface area contributed by atoms with Gasteiger partial charge >= 0.3 is 5.97 Å². The third kappa shape index (κ3) is 3.19. The maximum atomic E-state index is 10.8. The molecule has 20 heavy (non-hydrogen) atoms. The predicted octanol–water partition coefficient (Wildman–Crippen LogP) is 2.65. The Hall–Kier alpha value is -2.27. The fourth-order valence-corrected chi connectivity index (χ4v) is 2.15. The lowest BCUT2D eigenvalue weighted by molar-refractivity contribution is 0.0697. The van der Waals surface area contributed by atoms with Crippen molar-refractivity contribution >= 4 is 29.1 Å². The van der Waals surface area contributed by atoms with E-state index in [1.165, 1.54) is 0 Å². The van der Waals surface area contributed by atoms with Crippen molar-refractivity contribution in [1.82, 2.24) is 4.98 Å². The van der Waals surface area contributed by atoms with E-state index < -0.39 is 5.97 Å². The molecule has 1 aromatic heterocycles. The molecule has 1 aromatic carbocycles. The second-order valence-electron chi connectivity index (χ2n) is 4.43. The molecule has 1 heterocycles. The van der Waals surface area contributed by atoms with Crippen molar-refractivity contribution in [2.75, 3.05) is 17.7 Å². The Balaban J connectivity index is 2.14. The van der Waals surface area contributed by atoms with E-state index in [2.05, 4.69) is 4.98 Å². The topological polar surface area (TPSA) is 79.5 Å². The molecule has 0 aliphatic rings. The van der Waals surface area contributed by atoms with Crippen molar-refractivity contribution < 1.29 is 9.90 Å². The van der Waals surface area contributed by atoms with Crippen LogP contribution in [0.1, 0.15) is 15.9 Å². The van der Waals surface area contributed by atoms with Gasteiger partial charge in [-0.1, -0.05) is 23.7 Å². The molecule has 0 radical (unpaired) electrons. The molecule has 0 bridgehead atoms. The fraction of sp³-hybridized carbons (Fsp3) is 0.143. The van der Waals surface area contributed by atoms with Crippen molar-refractivity contribution in [2.45, 2.75) is 6.54 Å². The molecule has 0 aliphatic carbocycles. The van der Waals surface area contributed by atoms with Crippen molar-refractivity contribution in [3.63, 3.8) is 0 Å². The zero-order chi connectivity index (χ0) is 14.7. The normalized spacial score (nSPS) is 10.3. The molecule has 3 N–H and O–H groups in total. The highest BCUT2D eigenvalue weighted by Gasteiger charge is 2.09. The van der Waals surface area contributed by atoms with Crippen LogP contribution in [0, 0.1) is 0 Å². The average Bonchev–Trinajstić information content (AvgIpc) is 2.39. The van der Waals surface area contributed by atoms with Crippen molar-refractivity contribution in [3.05, 3.63) is 52.7 Å². The largest absolute Gasteiger partial charge is 0.478 e. The summed E-state index contributed by atoms with van der Waals surface area (Å²) in [6, 6.07) is 8.33. The number of carboxylic acids is 1. The van der Waals surface area contributed by atoms with Crippen molar-refractivity contribution in [3.8, 4) is 0 Å². The first-order valence-corrected chi connectivity index (χ1v) is 6.29. The van der Waals surface area contributed by atoms with E-state index in [0.717, 1.165) is 5.56 Å². The van der Waals surface area contributed by atoms with E-state index in [1.54, 1.807) is 36.5 Å². The van der Waals surface area contributed by atoms with Gasteiger partial charge in [-0.15, -0.1) is 0 Å². The third-order valence-corrected chi connectivity index (χ3v) is 3.10. The molecular weight excluding hydrogens is 278 g/mol. The zero-order valence-electron chi connectivity index (χ0n) is 10.9. The van der Waals surface area contributed by atoms with Gasteiger partial charge in [0.05, 0.1) is 22.5 Å². The number of pyridine rings is 1. The average molecular weight is 292 g/mol. The van der Waals surface area contributed by atoms with Crippen LogP contribution in [-0.2, 0) is 6.54 Å². The van der Waals surface area contributed by atoms with Gasteiger partial charge in [-0.05, 0) is 23.8 Å². The maximum Gasteiger partial charge on any atom is 0.335 e. The highest BCUT2D eigenvalue weighted by molar-refractivity contribution is 6.33. The fourth-order valence-electron chi connectivity index (χ4n) is 1.83. The number of aromatic nitrogens is 1. The van der Waals surface area contributed by atoms with E-state index in [0.29, 0.717) is 23.1 Å². The van der Waals surface area contributed by atoms with Crippen molar-refractivity contribution in [1.29, 1.82) is 0 Å². The van der Waals surface area contributed by atoms with Gasteiger partial charge in [0, 0.05) is 13.6 Å². The molecule has 2 aromatic rings. The number of anilines is 2. The highest BCUT2D eigenvalue weighted by Crippen LogP contribution is 2.25. The zero-order valence-corrected chi connectivity index (χ0v) is 11.6. The number of carbonyl (C=O) groups is 1. The van der Waals surface area contributed by atoms with Gasteiger partial charge in [-0.2, -0.15) is 0 Å². The van der Waals surface area contributed by atoms with Crippen LogP contribution in [-0.4, -0.2) is 23.1 Å². The molecule has 104 valence electrons. The minimum absolute atomic E-state index is 0.264. The van der Waals surface area contributed by atoms with Crippen LogP contribution in [0.15, 0.2) is 36.5 Å². The Morgan fingerprint density at radius 1 is 1.40 bits per heavy atom. The molecule has 0 unspecified atom stereocenters. The van der Waals surface area contributed by atoms with E-state index in [4.69, 9.17) is 22.4 Å². The third-order valence-electron chi connectivity index (χ3n) is 2.83. The first-order chi connectivity index (χ1) is 9.47. The number of nitrogens with zero attached hydrogens (tertiary/aromatic N) is 2. The number of rotatable bonds is 4. The van der Waals surface area contributed by atoms with Crippen LogP contribution in [0.4, 0.5) is 11.5 Å².